The molecule has 1 atom stereocenters. The van der Waals surface area contributed by atoms with E-state index in [2.05, 4.69) is 4.98 Å². The Bertz CT molecular complexity index is 1000. The summed E-state index contributed by atoms with van der Waals surface area (Å²) in [6.07, 6.45) is 1.76. The van der Waals surface area contributed by atoms with Crippen LogP contribution < -0.4 is 0 Å². The number of cyclic esters (lactones) is 2. The Labute approximate surface area is 155 Å². The van der Waals surface area contributed by atoms with Gasteiger partial charge in [0, 0.05) is 36.9 Å². The minimum absolute atomic E-state index is 0.397. The molecule has 2 heterocycles. The third-order valence-electron chi connectivity index (χ3n) is 4.72. The highest BCUT2D eigenvalue weighted by Crippen LogP contribution is 2.40. The van der Waals surface area contributed by atoms with Gasteiger partial charge in [-0.3, -0.25) is 9.59 Å². The lowest BCUT2D eigenvalue weighted by molar-refractivity contribution is -0.240. The Hall–Kier alpha value is -3.15. The van der Waals surface area contributed by atoms with Crippen molar-refractivity contribution in [3.05, 3.63) is 71.7 Å². The van der Waals surface area contributed by atoms with Crippen molar-refractivity contribution in [2.24, 2.45) is 5.92 Å². The summed E-state index contributed by atoms with van der Waals surface area (Å²) in [6.45, 7) is 3.02. The van der Waals surface area contributed by atoms with Crippen LogP contribution in [0, 0.1) is 11.7 Å². The predicted molar refractivity (Wildman–Crippen MR) is 96.3 cm³/mol. The Morgan fingerprint density at radius 1 is 1.00 bits per heavy atom. The fourth-order valence-electron chi connectivity index (χ4n) is 3.57. The maximum absolute atomic E-state index is 13.5. The second-order valence-electron chi connectivity index (χ2n) is 7.04. The zero-order chi connectivity index (χ0) is 19.2. The summed E-state index contributed by atoms with van der Waals surface area (Å²) in [6, 6.07) is 13.3. The maximum Gasteiger partial charge on any atom is 0.324 e. The molecule has 138 valence electrons. The number of para-hydroxylation sites is 1. The van der Waals surface area contributed by atoms with E-state index in [1.165, 1.54) is 26.0 Å². The van der Waals surface area contributed by atoms with Crippen molar-refractivity contribution < 1.29 is 23.5 Å². The molecular weight excluding hydrogens is 349 g/mol. The lowest BCUT2D eigenvalue weighted by atomic mass is 9.80. The second kappa shape index (κ2) is 6.23. The number of fused-ring (bicyclic) bond motifs is 1. The number of rotatable bonds is 3. The molecule has 1 aromatic heterocycles. The zero-order valence-corrected chi connectivity index (χ0v) is 14.9. The number of carbonyl (C=O) groups is 2. The van der Waals surface area contributed by atoms with E-state index >= 15 is 0 Å². The summed E-state index contributed by atoms with van der Waals surface area (Å²) in [5.74, 6) is -4.86. The minimum Gasteiger partial charge on any atom is -0.422 e. The predicted octanol–water partition coefficient (Wildman–Crippen LogP) is 3.89. The molecular formula is C21H18FNO4. The summed E-state index contributed by atoms with van der Waals surface area (Å²) in [5.41, 5.74) is 2.24. The van der Waals surface area contributed by atoms with E-state index in [0.717, 1.165) is 16.5 Å². The van der Waals surface area contributed by atoms with E-state index < -0.39 is 35.4 Å². The van der Waals surface area contributed by atoms with Crippen molar-refractivity contribution in [1.29, 1.82) is 0 Å². The van der Waals surface area contributed by atoms with Gasteiger partial charge >= 0.3 is 11.9 Å². The molecule has 0 bridgehead atoms. The largest absolute Gasteiger partial charge is 0.422 e. The molecule has 1 aliphatic rings. The van der Waals surface area contributed by atoms with Crippen LogP contribution in [0.3, 0.4) is 0 Å². The minimum atomic E-state index is -1.31. The van der Waals surface area contributed by atoms with Crippen LogP contribution in [0.4, 0.5) is 4.39 Å². The first-order chi connectivity index (χ1) is 12.9. The number of hydrogen-bond acceptors (Lipinski definition) is 4. The standard InChI is InChI=1S/C21H18FNO4/c1-21(2)26-19(24)18(20(25)27-21)17(12-7-9-13(22)10-8-12)15-11-23-16-6-4-3-5-14(15)16/h3-11,17-18,23H,1-2H3/t17-/m1/s1. The van der Waals surface area contributed by atoms with E-state index in [1.807, 2.05) is 24.3 Å². The molecule has 1 aliphatic heterocycles. The number of carbonyl (C=O) groups excluding carboxylic acids is 2. The summed E-state index contributed by atoms with van der Waals surface area (Å²) in [7, 11) is 0. The molecule has 0 amide bonds. The molecule has 4 rings (SSSR count). The van der Waals surface area contributed by atoms with Crippen LogP contribution in [0.5, 0.6) is 0 Å². The Balaban J connectivity index is 1.88. The fourth-order valence-corrected chi connectivity index (χ4v) is 3.57. The highest BCUT2D eigenvalue weighted by Gasteiger charge is 2.48. The van der Waals surface area contributed by atoms with Crippen LogP contribution in [0.1, 0.15) is 30.9 Å². The average Bonchev–Trinajstić information content (AvgIpc) is 3.02. The quantitative estimate of drug-likeness (QED) is 0.563. The Kier molecular flexibility index (Phi) is 3.98. The van der Waals surface area contributed by atoms with Crippen molar-refractivity contribution in [3.8, 4) is 0 Å². The molecule has 1 fully saturated rings. The van der Waals surface area contributed by atoms with Crippen LogP contribution in [0.2, 0.25) is 0 Å². The smallest absolute Gasteiger partial charge is 0.324 e. The van der Waals surface area contributed by atoms with E-state index in [0.29, 0.717) is 5.56 Å². The first-order valence-corrected chi connectivity index (χ1v) is 8.63. The third kappa shape index (κ3) is 3.07. The Morgan fingerprint density at radius 2 is 1.63 bits per heavy atom. The molecule has 6 heteroatoms. The van der Waals surface area contributed by atoms with Gasteiger partial charge in [-0.2, -0.15) is 0 Å². The van der Waals surface area contributed by atoms with Crippen molar-refractivity contribution in [1.82, 2.24) is 4.98 Å². The molecule has 0 saturated carbocycles. The lowest BCUT2D eigenvalue weighted by Gasteiger charge is -2.36. The van der Waals surface area contributed by atoms with Gasteiger partial charge in [0.2, 0.25) is 0 Å². The molecule has 0 radical (unpaired) electrons. The molecule has 5 nitrogen and oxygen atoms in total. The van der Waals surface area contributed by atoms with E-state index in [9.17, 15) is 14.0 Å². The van der Waals surface area contributed by atoms with Gasteiger partial charge in [-0.05, 0) is 29.3 Å². The normalized spacial score (nSPS) is 18.2. The van der Waals surface area contributed by atoms with Gasteiger partial charge in [0.1, 0.15) is 5.82 Å². The van der Waals surface area contributed by atoms with E-state index in [-0.39, 0.29) is 0 Å². The highest BCUT2D eigenvalue weighted by molar-refractivity contribution is 5.99. The number of nitrogens with one attached hydrogen (secondary N) is 1. The van der Waals surface area contributed by atoms with E-state index in [1.54, 1.807) is 18.3 Å². The molecule has 27 heavy (non-hydrogen) atoms. The van der Waals surface area contributed by atoms with Gasteiger partial charge in [-0.15, -0.1) is 0 Å². The van der Waals surface area contributed by atoms with Gasteiger partial charge in [-0.25, -0.2) is 4.39 Å². The number of aromatic amines is 1. The maximum atomic E-state index is 13.5. The third-order valence-corrected chi connectivity index (χ3v) is 4.72. The van der Waals surface area contributed by atoms with Crippen molar-refractivity contribution in [2.45, 2.75) is 25.6 Å². The SMILES string of the molecule is CC1(C)OC(=O)C([C@H](c2ccc(F)cc2)c2c[nH]c3ccccc23)C(=O)O1. The first kappa shape index (κ1) is 17.3. The van der Waals surface area contributed by atoms with Crippen LogP contribution in [-0.2, 0) is 19.1 Å². The number of hydrogen-bond donors (Lipinski definition) is 1. The van der Waals surface area contributed by atoms with Crippen LogP contribution in [0.15, 0.2) is 54.7 Å². The van der Waals surface area contributed by atoms with Crippen LogP contribution in [0.25, 0.3) is 10.9 Å². The summed E-state index contributed by atoms with van der Waals surface area (Å²) < 4.78 is 24.1. The number of esters is 2. The molecule has 0 aliphatic carbocycles. The number of halogens is 1. The van der Waals surface area contributed by atoms with E-state index in [4.69, 9.17) is 9.47 Å². The van der Waals surface area contributed by atoms with Gasteiger partial charge in [0.15, 0.2) is 5.92 Å². The molecule has 1 N–H and O–H groups in total. The monoisotopic (exact) mass is 367 g/mol. The van der Waals surface area contributed by atoms with Crippen LogP contribution >= 0.6 is 0 Å². The van der Waals surface area contributed by atoms with Gasteiger partial charge < -0.3 is 14.5 Å². The summed E-state index contributed by atoms with van der Waals surface area (Å²) in [5, 5.41) is 0.872. The zero-order valence-electron chi connectivity index (χ0n) is 14.9. The van der Waals surface area contributed by atoms with Gasteiger partial charge in [0.05, 0.1) is 0 Å². The van der Waals surface area contributed by atoms with Crippen molar-refractivity contribution >= 4 is 22.8 Å². The highest BCUT2D eigenvalue weighted by atomic mass is 19.1. The second-order valence-corrected chi connectivity index (χ2v) is 7.04. The molecule has 0 unspecified atom stereocenters. The fraction of sp³-hybridized carbons (Fsp3) is 0.238. The lowest BCUT2D eigenvalue weighted by Crippen LogP contribution is -2.48. The number of aromatic nitrogens is 1. The molecule has 3 aromatic rings. The van der Waals surface area contributed by atoms with Gasteiger partial charge in [0.25, 0.3) is 5.79 Å². The number of ether oxygens (including phenoxy) is 2. The van der Waals surface area contributed by atoms with Crippen molar-refractivity contribution in [3.63, 3.8) is 0 Å². The first-order valence-electron chi connectivity index (χ1n) is 8.63. The summed E-state index contributed by atoms with van der Waals surface area (Å²) >= 11 is 0. The van der Waals surface area contributed by atoms with Crippen molar-refractivity contribution in [2.75, 3.05) is 0 Å². The molecule has 1 saturated heterocycles. The number of H-pyrrole nitrogens is 1. The average molecular weight is 367 g/mol. The molecule has 0 spiro atoms. The Morgan fingerprint density at radius 3 is 2.30 bits per heavy atom. The summed E-state index contributed by atoms with van der Waals surface area (Å²) in [4.78, 5) is 28.6. The molecule has 2 aromatic carbocycles. The van der Waals surface area contributed by atoms with Gasteiger partial charge in [-0.1, -0.05) is 30.3 Å². The topological polar surface area (TPSA) is 68.4 Å². The van der Waals surface area contributed by atoms with Crippen LogP contribution in [-0.4, -0.2) is 22.7 Å². The number of benzene rings is 2.